The molecule has 0 spiro atoms. The number of likely N-dealkylation sites (tertiary alicyclic amines) is 1. The van der Waals surface area contributed by atoms with Crippen LogP contribution in [0.15, 0.2) is 42.6 Å². The molecule has 1 unspecified atom stereocenters. The van der Waals surface area contributed by atoms with Crippen molar-refractivity contribution in [1.82, 2.24) is 19.4 Å². The minimum atomic E-state index is -0.233. The smallest absolute Gasteiger partial charge is 0.164 e. The Morgan fingerprint density at radius 2 is 2.00 bits per heavy atom. The van der Waals surface area contributed by atoms with Crippen molar-refractivity contribution in [1.29, 1.82) is 0 Å². The van der Waals surface area contributed by atoms with Crippen LogP contribution in [-0.2, 0) is 0 Å². The van der Waals surface area contributed by atoms with Gasteiger partial charge in [0.1, 0.15) is 17.2 Å². The second-order valence-electron chi connectivity index (χ2n) is 5.88. The van der Waals surface area contributed by atoms with Gasteiger partial charge in [-0.15, -0.1) is 0 Å². The van der Waals surface area contributed by atoms with E-state index in [9.17, 15) is 4.39 Å². The average Bonchev–Trinajstić information content (AvgIpc) is 3.11. The number of aromatic nitrogens is 3. The maximum atomic E-state index is 13.2. The van der Waals surface area contributed by atoms with Crippen LogP contribution in [0.25, 0.3) is 16.9 Å². The van der Waals surface area contributed by atoms with Crippen molar-refractivity contribution in [3.05, 3.63) is 54.2 Å². The lowest BCUT2D eigenvalue weighted by Gasteiger charge is -2.13. The Labute approximate surface area is 128 Å². The third-order valence-corrected chi connectivity index (χ3v) is 4.28. The van der Waals surface area contributed by atoms with Crippen molar-refractivity contribution >= 4 is 11.2 Å². The quantitative estimate of drug-likeness (QED) is 0.729. The van der Waals surface area contributed by atoms with Crippen molar-refractivity contribution in [2.24, 2.45) is 0 Å². The molecule has 1 fully saturated rings. The van der Waals surface area contributed by atoms with Crippen LogP contribution in [-0.4, -0.2) is 39.6 Å². The Kier molecular flexibility index (Phi) is 3.15. The van der Waals surface area contributed by atoms with Crippen molar-refractivity contribution in [3.8, 4) is 5.69 Å². The summed E-state index contributed by atoms with van der Waals surface area (Å²) in [4.78, 5) is 11.6. The molecule has 1 aromatic carbocycles. The zero-order chi connectivity index (χ0) is 15.1. The van der Waals surface area contributed by atoms with Crippen molar-refractivity contribution < 1.29 is 4.39 Å². The van der Waals surface area contributed by atoms with Crippen LogP contribution in [0, 0.1) is 5.82 Å². The van der Waals surface area contributed by atoms with Crippen LogP contribution in [0.3, 0.4) is 0 Å². The minimum Gasteiger partial charge on any atom is -0.306 e. The predicted octanol–water partition coefficient (Wildman–Crippen LogP) is 2.98. The molecule has 4 rings (SSSR count). The molecule has 0 aliphatic carbocycles. The van der Waals surface area contributed by atoms with E-state index in [0.29, 0.717) is 5.92 Å². The van der Waals surface area contributed by atoms with Gasteiger partial charge in [-0.3, -0.25) is 4.57 Å². The van der Waals surface area contributed by atoms with E-state index in [1.165, 1.54) is 12.1 Å². The summed E-state index contributed by atoms with van der Waals surface area (Å²) in [7, 11) is 2.13. The number of likely N-dealkylation sites (N-methyl/N-ethyl adjacent to an activating group) is 1. The van der Waals surface area contributed by atoms with E-state index in [0.717, 1.165) is 42.2 Å². The van der Waals surface area contributed by atoms with Gasteiger partial charge in [-0.1, -0.05) is 0 Å². The Bertz CT molecular complexity index is 809. The van der Waals surface area contributed by atoms with E-state index in [1.807, 2.05) is 12.1 Å². The largest absolute Gasteiger partial charge is 0.306 e. The molecule has 0 radical (unpaired) electrons. The number of halogens is 1. The predicted molar refractivity (Wildman–Crippen MR) is 83.7 cm³/mol. The molecular weight excluding hydrogens is 279 g/mol. The van der Waals surface area contributed by atoms with Gasteiger partial charge in [0.25, 0.3) is 0 Å². The van der Waals surface area contributed by atoms with Gasteiger partial charge in [0.2, 0.25) is 0 Å². The Balaban J connectivity index is 1.92. The highest BCUT2D eigenvalue weighted by atomic mass is 19.1. The van der Waals surface area contributed by atoms with Gasteiger partial charge in [-0.2, -0.15) is 0 Å². The van der Waals surface area contributed by atoms with Gasteiger partial charge < -0.3 is 4.90 Å². The van der Waals surface area contributed by atoms with Crippen molar-refractivity contribution in [2.45, 2.75) is 12.3 Å². The molecule has 1 atom stereocenters. The van der Waals surface area contributed by atoms with Gasteiger partial charge in [0.05, 0.1) is 0 Å². The van der Waals surface area contributed by atoms with Gasteiger partial charge in [0.15, 0.2) is 5.65 Å². The number of imidazole rings is 1. The summed E-state index contributed by atoms with van der Waals surface area (Å²) in [6.45, 7) is 2.06. The maximum absolute atomic E-state index is 13.2. The fraction of sp³-hybridized carbons (Fsp3) is 0.294. The van der Waals surface area contributed by atoms with E-state index in [1.54, 1.807) is 18.3 Å². The molecule has 1 saturated heterocycles. The van der Waals surface area contributed by atoms with Crippen molar-refractivity contribution in [2.75, 3.05) is 20.1 Å². The van der Waals surface area contributed by atoms with Crippen LogP contribution in [0.5, 0.6) is 0 Å². The molecule has 0 amide bonds. The molecule has 3 heterocycles. The molecule has 2 aromatic heterocycles. The summed E-state index contributed by atoms with van der Waals surface area (Å²) in [6.07, 6.45) is 2.86. The van der Waals surface area contributed by atoms with Gasteiger partial charge in [-0.25, -0.2) is 14.4 Å². The molecule has 0 saturated carbocycles. The molecule has 0 bridgehead atoms. The highest BCUT2D eigenvalue weighted by Gasteiger charge is 2.27. The third-order valence-electron chi connectivity index (χ3n) is 4.28. The van der Waals surface area contributed by atoms with Gasteiger partial charge >= 0.3 is 0 Å². The second kappa shape index (κ2) is 5.18. The molecule has 3 aromatic rings. The zero-order valence-electron chi connectivity index (χ0n) is 12.4. The highest BCUT2D eigenvalue weighted by molar-refractivity contribution is 5.74. The standard InChI is InChI=1S/C17H17FN4/c1-21-10-8-12(11-21)16-20-15-3-2-9-19-17(15)22(16)14-6-4-13(18)5-7-14/h2-7,9,12H,8,10-11H2,1H3. The minimum absolute atomic E-state index is 0.233. The van der Waals surface area contributed by atoms with Crippen molar-refractivity contribution in [3.63, 3.8) is 0 Å². The van der Waals surface area contributed by atoms with E-state index >= 15 is 0 Å². The monoisotopic (exact) mass is 296 g/mol. The first-order chi connectivity index (χ1) is 10.7. The first-order valence-electron chi connectivity index (χ1n) is 7.50. The number of nitrogens with zero attached hydrogens (tertiary/aromatic N) is 4. The van der Waals surface area contributed by atoms with Crippen LogP contribution in [0.2, 0.25) is 0 Å². The van der Waals surface area contributed by atoms with E-state index in [-0.39, 0.29) is 5.82 Å². The zero-order valence-corrected chi connectivity index (χ0v) is 12.4. The molecule has 4 nitrogen and oxygen atoms in total. The van der Waals surface area contributed by atoms with E-state index < -0.39 is 0 Å². The SMILES string of the molecule is CN1CCC(c2nc3cccnc3n2-c2ccc(F)cc2)C1. The molecule has 0 N–H and O–H groups in total. The molecule has 5 heteroatoms. The Morgan fingerprint density at radius 3 is 2.73 bits per heavy atom. The lowest BCUT2D eigenvalue weighted by molar-refractivity contribution is 0.409. The lowest BCUT2D eigenvalue weighted by atomic mass is 10.1. The average molecular weight is 296 g/mol. The third kappa shape index (κ3) is 2.18. The number of fused-ring (bicyclic) bond motifs is 1. The maximum Gasteiger partial charge on any atom is 0.164 e. The summed E-state index contributed by atoms with van der Waals surface area (Å²) >= 11 is 0. The Morgan fingerprint density at radius 1 is 1.18 bits per heavy atom. The summed E-state index contributed by atoms with van der Waals surface area (Å²) in [6, 6.07) is 10.4. The summed E-state index contributed by atoms with van der Waals surface area (Å²) in [5.41, 5.74) is 2.63. The Hall–Kier alpha value is -2.27. The first-order valence-corrected chi connectivity index (χ1v) is 7.50. The molecular formula is C17H17FN4. The summed E-state index contributed by atoms with van der Waals surface area (Å²) < 4.78 is 15.3. The van der Waals surface area contributed by atoms with E-state index in [4.69, 9.17) is 4.98 Å². The summed E-state index contributed by atoms with van der Waals surface area (Å²) in [5, 5.41) is 0. The van der Waals surface area contributed by atoms with Gasteiger partial charge in [0, 0.05) is 24.3 Å². The summed E-state index contributed by atoms with van der Waals surface area (Å²) in [5.74, 6) is 1.16. The number of benzene rings is 1. The normalized spacial score (nSPS) is 19.1. The first kappa shape index (κ1) is 13.4. The number of pyridine rings is 1. The van der Waals surface area contributed by atoms with Crippen LogP contribution in [0.4, 0.5) is 4.39 Å². The molecule has 22 heavy (non-hydrogen) atoms. The number of rotatable bonds is 2. The fourth-order valence-electron chi connectivity index (χ4n) is 3.19. The number of hydrogen-bond acceptors (Lipinski definition) is 3. The van der Waals surface area contributed by atoms with E-state index in [2.05, 4.69) is 21.5 Å². The van der Waals surface area contributed by atoms with Gasteiger partial charge in [-0.05, 0) is 56.4 Å². The molecule has 112 valence electrons. The topological polar surface area (TPSA) is 34.0 Å². The molecule has 1 aliphatic heterocycles. The molecule has 1 aliphatic rings. The fourth-order valence-corrected chi connectivity index (χ4v) is 3.19. The van der Waals surface area contributed by atoms with Crippen LogP contribution in [0.1, 0.15) is 18.2 Å². The highest BCUT2D eigenvalue weighted by Crippen LogP contribution is 2.30. The van der Waals surface area contributed by atoms with Crippen LogP contribution < -0.4 is 0 Å². The second-order valence-corrected chi connectivity index (χ2v) is 5.88. The number of hydrogen-bond donors (Lipinski definition) is 0. The lowest BCUT2D eigenvalue weighted by Crippen LogP contribution is -2.15. The van der Waals surface area contributed by atoms with Crippen LogP contribution >= 0.6 is 0 Å².